The maximum atomic E-state index is 12.5. The second-order valence-corrected chi connectivity index (χ2v) is 5.23. The van der Waals surface area contributed by atoms with E-state index in [0.717, 1.165) is 0 Å². The van der Waals surface area contributed by atoms with Crippen LogP contribution in [0.2, 0.25) is 0 Å². The largest absolute Gasteiger partial charge is 0.471 e. The predicted octanol–water partition coefficient (Wildman–Crippen LogP) is 3.36. The number of aromatic nitrogens is 4. The van der Waals surface area contributed by atoms with Crippen LogP contribution in [0.5, 0.6) is 0 Å². The van der Waals surface area contributed by atoms with Gasteiger partial charge in [-0.25, -0.2) is 4.79 Å². The molecule has 11 heteroatoms. The molecule has 136 valence electrons. The summed E-state index contributed by atoms with van der Waals surface area (Å²) in [4.78, 5) is 19.3. The van der Waals surface area contributed by atoms with Crippen LogP contribution in [0.15, 0.2) is 33.3 Å². The van der Waals surface area contributed by atoms with E-state index in [1.54, 1.807) is 13.8 Å². The molecule has 1 aromatic carbocycles. The smallest absolute Gasteiger partial charge is 0.449 e. The number of carbonyl (C=O) groups is 1. The van der Waals surface area contributed by atoms with Crippen LogP contribution in [-0.2, 0) is 10.9 Å². The van der Waals surface area contributed by atoms with Crippen molar-refractivity contribution in [3.8, 4) is 11.4 Å². The summed E-state index contributed by atoms with van der Waals surface area (Å²) in [5.74, 6) is -1.79. The molecule has 8 nitrogen and oxygen atoms in total. The highest BCUT2D eigenvalue weighted by Gasteiger charge is 2.38. The standard InChI is InChI=1S/C15H11F3N4O4/c1-7(12-19-8(2)21-25-12)24-13(23)10-5-3-9(4-6-10)11-20-14(26-22-11)15(16,17)18/h3-7H,1-2H3. The molecular formula is C15H11F3N4O4. The fraction of sp³-hybridized carbons (Fsp3) is 0.267. The number of esters is 1. The third kappa shape index (κ3) is 3.71. The Morgan fingerprint density at radius 3 is 2.35 bits per heavy atom. The molecule has 0 radical (unpaired) electrons. The molecule has 1 unspecified atom stereocenters. The van der Waals surface area contributed by atoms with Crippen molar-refractivity contribution in [3.63, 3.8) is 0 Å². The molecule has 0 spiro atoms. The minimum Gasteiger partial charge on any atom is -0.449 e. The predicted molar refractivity (Wildman–Crippen MR) is 77.6 cm³/mol. The summed E-state index contributed by atoms with van der Waals surface area (Å²) in [5, 5.41) is 6.87. The van der Waals surface area contributed by atoms with E-state index in [2.05, 4.69) is 24.8 Å². The Labute approximate surface area is 144 Å². The number of hydrogen-bond donors (Lipinski definition) is 0. The zero-order valence-electron chi connectivity index (χ0n) is 13.4. The number of carbonyl (C=O) groups excluding carboxylic acids is 1. The Morgan fingerprint density at radius 1 is 1.12 bits per heavy atom. The highest BCUT2D eigenvalue weighted by atomic mass is 19.4. The molecule has 3 rings (SSSR count). The van der Waals surface area contributed by atoms with Crippen LogP contribution in [0, 0.1) is 6.92 Å². The van der Waals surface area contributed by atoms with Crippen LogP contribution in [0.3, 0.4) is 0 Å². The van der Waals surface area contributed by atoms with Gasteiger partial charge in [0.05, 0.1) is 5.56 Å². The fourth-order valence-corrected chi connectivity index (χ4v) is 1.97. The lowest BCUT2D eigenvalue weighted by Gasteiger charge is -2.09. The van der Waals surface area contributed by atoms with E-state index in [-0.39, 0.29) is 22.8 Å². The van der Waals surface area contributed by atoms with Crippen LogP contribution in [-0.4, -0.2) is 26.3 Å². The first-order valence-electron chi connectivity index (χ1n) is 7.26. The summed E-state index contributed by atoms with van der Waals surface area (Å²) in [6.07, 6.45) is -5.48. The third-order valence-electron chi connectivity index (χ3n) is 3.22. The molecule has 2 heterocycles. The van der Waals surface area contributed by atoms with Gasteiger partial charge in [0.1, 0.15) is 0 Å². The number of halogens is 3. The van der Waals surface area contributed by atoms with Crippen LogP contribution in [0.4, 0.5) is 13.2 Å². The maximum absolute atomic E-state index is 12.5. The summed E-state index contributed by atoms with van der Waals surface area (Å²) in [6.45, 7) is 3.19. The minimum absolute atomic E-state index is 0.152. The Hall–Kier alpha value is -3.24. The van der Waals surface area contributed by atoms with Gasteiger partial charge >= 0.3 is 18.0 Å². The molecular weight excluding hydrogens is 357 g/mol. The number of aryl methyl sites for hydroxylation is 1. The first-order chi connectivity index (χ1) is 12.2. The lowest BCUT2D eigenvalue weighted by Crippen LogP contribution is -2.09. The molecule has 0 aliphatic heterocycles. The highest BCUT2D eigenvalue weighted by molar-refractivity contribution is 5.90. The van der Waals surface area contributed by atoms with Crippen molar-refractivity contribution in [3.05, 3.63) is 47.4 Å². The lowest BCUT2D eigenvalue weighted by atomic mass is 10.1. The van der Waals surface area contributed by atoms with Gasteiger partial charge in [-0.2, -0.15) is 23.1 Å². The normalized spacial score (nSPS) is 12.8. The second-order valence-electron chi connectivity index (χ2n) is 5.23. The SMILES string of the molecule is Cc1noc(C(C)OC(=O)c2ccc(-c3noc(C(F)(F)F)n3)cc2)n1. The van der Waals surface area contributed by atoms with Crippen LogP contribution in [0.1, 0.15) is 41.0 Å². The molecule has 0 fully saturated rings. The van der Waals surface area contributed by atoms with Gasteiger partial charge in [0.2, 0.25) is 5.82 Å². The summed E-state index contributed by atoms with van der Waals surface area (Å²) >= 11 is 0. The molecule has 0 saturated heterocycles. The zero-order chi connectivity index (χ0) is 18.9. The first-order valence-corrected chi connectivity index (χ1v) is 7.26. The van der Waals surface area contributed by atoms with E-state index in [4.69, 9.17) is 9.26 Å². The molecule has 0 amide bonds. The summed E-state index contributed by atoms with van der Waals surface area (Å²) in [7, 11) is 0. The van der Waals surface area contributed by atoms with Crippen molar-refractivity contribution in [2.24, 2.45) is 0 Å². The second kappa shape index (κ2) is 6.58. The van der Waals surface area contributed by atoms with Gasteiger partial charge in [0.15, 0.2) is 11.9 Å². The number of hydrogen-bond acceptors (Lipinski definition) is 8. The molecule has 0 aliphatic carbocycles. The highest BCUT2D eigenvalue weighted by Crippen LogP contribution is 2.29. The van der Waals surface area contributed by atoms with Gasteiger partial charge < -0.3 is 13.8 Å². The average Bonchev–Trinajstić information content (AvgIpc) is 3.23. The van der Waals surface area contributed by atoms with Gasteiger partial charge in [-0.1, -0.05) is 22.4 Å². The molecule has 0 aliphatic rings. The van der Waals surface area contributed by atoms with E-state index in [1.807, 2.05) is 0 Å². The first kappa shape index (κ1) is 17.6. The Bertz CT molecular complexity index is 918. The van der Waals surface area contributed by atoms with Crippen molar-refractivity contribution >= 4 is 5.97 Å². The molecule has 2 aromatic heterocycles. The van der Waals surface area contributed by atoms with Gasteiger partial charge in [-0.3, -0.25) is 0 Å². The molecule has 26 heavy (non-hydrogen) atoms. The Morgan fingerprint density at radius 2 is 1.81 bits per heavy atom. The minimum atomic E-state index is -4.72. The van der Waals surface area contributed by atoms with Crippen molar-refractivity contribution in [2.75, 3.05) is 0 Å². The van der Waals surface area contributed by atoms with Crippen molar-refractivity contribution in [1.29, 1.82) is 0 Å². The monoisotopic (exact) mass is 368 g/mol. The summed E-state index contributed by atoms with van der Waals surface area (Å²) in [6, 6.07) is 5.49. The molecule has 0 bridgehead atoms. The van der Waals surface area contributed by atoms with E-state index in [9.17, 15) is 18.0 Å². The zero-order valence-corrected chi connectivity index (χ0v) is 13.4. The van der Waals surface area contributed by atoms with Crippen molar-refractivity contribution < 1.29 is 31.7 Å². The molecule has 0 N–H and O–H groups in total. The van der Waals surface area contributed by atoms with Crippen molar-refractivity contribution in [2.45, 2.75) is 26.1 Å². The number of nitrogens with zero attached hydrogens (tertiary/aromatic N) is 4. The lowest BCUT2D eigenvalue weighted by molar-refractivity contribution is -0.159. The summed E-state index contributed by atoms with van der Waals surface area (Å²) in [5.41, 5.74) is 0.428. The topological polar surface area (TPSA) is 104 Å². The van der Waals surface area contributed by atoms with Crippen LogP contribution in [0.25, 0.3) is 11.4 Å². The molecule has 1 atom stereocenters. The van der Waals surface area contributed by atoms with Gasteiger partial charge in [-0.15, -0.1) is 0 Å². The average molecular weight is 368 g/mol. The molecule has 0 saturated carbocycles. The van der Waals surface area contributed by atoms with Gasteiger partial charge in [0.25, 0.3) is 5.89 Å². The van der Waals surface area contributed by atoms with E-state index >= 15 is 0 Å². The fourth-order valence-electron chi connectivity index (χ4n) is 1.97. The van der Waals surface area contributed by atoms with Crippen LogP contribution < -0.4 is 0 Å². The van der Waals surface area contributed by atoms with E-state index < -0.39 is 24.1 Å². The molecule has 3 aromatic rings. The van der Waals surface area contributed by atoms with Gasteiger partial charge in [-0.05, 0) is 26.0 Å². The van der Waals surface area contributed by atoms with E-state index in [1.165, 1.54) is 24.3 Å². The Kier molecular flexibility index (Phi) is 4.45. The number of ether oxygens (including phenoxy) is 1. The Balaban J connectivity index is 1.71. The quantitative estimate of drug-likeness (QED) is 0.646. The maximum Gasteiger partial charge on any atom is 0.471 e. The number of benzene rings is 1. The van der Waals surface area contributed by atoms with E-state index in [0.29, 0.717) is 5.82 Å². The number of alkyl halides is 3. The number of rotatable bonds is 4. The van der Waals surface area contributed by atoms with Gasteiger partial charge in [0, 0.05) is 5.56 Å². The third-order valence-corrected chi connectivity index (χ3v) is 3.22. The summed E-state index contributed by atoms with van der Waals surface area (Å²) < 4.78 is 51.7. The van der Waals surface area contributed by atoms with Crippen LogP contribution >= 0.6 is 0 Å². The van der Waals surface area contributed by atoms with Crippen molar-refractivity contribution in [1.82, 2.24) is 20.3 Å².